The van der Waals surface area contributed by atoms with E-state index in [1.165, 1.54) is 0 Å². The molecule has 1 heterocycles. The van der Waals surface area contributed by atoms with Crippen molar-refractivity contribution in [2.75, 3.05) is 42.3 Å². The molecule has 2 aromatic rings. The lowest BCUT2D eigenvalue weighted by atomic mass is 10.1. The minimum Gasteiger partial charge on any atom is -0.378 e. The third-order valence-corrected chi connectivity index (χ3v) is 4.90. The summed E-state index contributed by atoms with van der Waals surface area (Å²) in [5, 5.41) is 3.02. The number of thioether (sulfide) groups is 1. The van der Waals surface area contributed by atoms with Crippen LogP contribution in [0.5, 0.6) is 0 Å². The average Bonchev–Trinajstić information content (AvgIpc) is 2.64. The molecule has 4 nitrogen and oxygen atoms in total. The Morgan fingerprint density at radius 1 is 1.12 bits per heavy atom. The highest BCUT2D eigenvalue weighted by molar-refractivity contribution is 7.99. The van der Waals surface area contributed by atoms with Crippen LogP contribution in [0.25, 0.3) is 0 Å². The minimum atomic E-state index is -0.0762. The summed E-state index contributed by atoms with van der Waals surface area (Å²) >= 11 is 1.73. The summed E-state index contributed by atoms with van der Waals surface area (Å²) in [5.41, 5.74) is 2.67. The lowest BCUT2D eigenvalue weighted by molar-refractivity contribution is 0.102. The number of benzene rings is 2. The van der Waals surface area contributed by atoms with E-state index in [0.717, 1.165) is 48.3 Å². The maximum Gasteiger partial charge on any atom is 0.255 e. The molecule has 2 aromatic carbocycles. The summed E-state index contributed by atoms with van der Waals surface area (Å²) in [7, 11) is 0. The highest BCUT2D eigenvalue weighted by Crippen LogP contribution is 2.27. The fourth-order valence-electron chi connectivity index (χ4n) is 2.69. The molecule has 1 saturated heterocycles. The molecular formula is C19H22N2O2S. The Hall–Kier alpha value is -1.98. The zero-order valence-electron chi connectivity index (χ0n) is 13.8. The molecule has 0 bridgehead atoms. The van der Waals surface area contributed by atoms with Crippen LogP contribution in [0.4, 0.5) is 11.4 Å². The second kappa shape index (κ2) is 8.22. The van der Waals surface area contributed by atoms with Gasteiger partial charge in [-0.05, 0) is 42.2 Å². The molecule has 126 valence electrons. The molecule has 0 spiro atoms. The van der Waals surface area contributed by atoms with Crippen LogP contribution < -0.4 is 10.2 Å². The van der Waals surface area contributed by atoms with Gasteiger partial charge >= 0.3 is 0 Å². The molecule has 24 heavy (non-hydrogen) atoms. The average molecular weight is 342 g/mol. The first-order valence-electron chi connectivity index (χ1n) is 8.24. The first-order valence-corrected chi connectivity index (χ1v) is 9.22. The highest BCUT2D eigenvalue weighted by Gasteiger charge is 2.13. The van der Waals surface area contributed by atoms with Crippen molar-refractivity contribution in [1.29, 1.82) is 0 Å². The fourth-order valence-corrected chi connectivity index (χ4v) is 3.45. The summed E-state index contributed by atoms with van der Waals surface area (Å²) in [5.74, 6) is 0.897. The van der Waals surface area contributed by atoms with Crippen molar-refractivity contribution in [2.45, 2.75) is 11.8 Å². The smallest absolute Gasteiger partial charge is 0.255 e. The van der Waals surface area contributed by atoms with Gasteiger partial charge in [-0.2, -0.15) is 0 Å². The second-order valence-electron chi connectivity index (χ2n) is 5.53. The van der Waals surface area contributed by atoms with Crippen LogP contribution in [0.1, 0.15) is 17.3 Å². The number of carbonyl (C=O) groups is 1. The lowest BCUT2D eigenvalue weighted by Gasteiger charge is -2.28. The van der Waals surface area contributed by atoms with Gasteiger partial charge in [-0.25, -0.2) is 0 Å². The van der Waals surface area contributed by atoms with E-state index in [1.54, 1.807) is 11.8 Å². The molecule has 1 aliphatic heterocycles. The maximum atomic E-state index is 12.5. The molecule has 0 aromatic heterocycles. The van der Waals surface area contributed by atoms with Gasteiger partial charge in [-0.15, -0.1) is 11.8 Å². The topological polar surface area (TPSA) is 41.6 Å². The van der Waals surface area contributed by atoms with Crippen LogP contribution in [-0.4, -0.2) is 38.0 Å². The van der Waals surface area contributed by atoms with E-state index < -0.39 is 0 Å². The summed E-state index contributed by atoms with van der Waals surface area (Å²) in [6.07, 6.45) is 0. The van der Waals surface area contributed by atoms with Gasteiger partial charge in [0.1, 0.15) is 0 Å². The summed E-state index contributed by atoms with van der Waals surface area (Å²) in [6, 6.07) is 15.7. The van der Waals surface area contributed by atoms with Crippen molar-refractivity contribution in [2.24, 2.45) is 0 Å². The van der Waals surface area contributed by atoms with Gasteiger partial charge in [0.15, 0.2) is 0 Å². The van der Waals surface area contributed by atoms with Gasteiger partial charge in [-0.3, -0.25) is 4.79 Å². The first-order chi connectivity index (χ1) is 11.8. The van der Waals surface area contributed by atoms with Crippen molar-refractivity contribution in [3.05, 3.63) is 54.1 Å². The number of para-hydroxylation sites is 1. The van der Waals surface area contributed by atoms with Crippen LogP contribution >= 0.6 is 11.8 Å². The monoisotopic (exact) mass is 342 g/mol. The van der Waals surface area contributed by atoms with Crippen LogP contribution in [0.3, 0.4) is 0 Å². The molecule has 1 amide bonds. The Labute approximate surface area is 147 Å². The Kier molecular flexibility index (Phi) is 5.77. The van der Waals surface area contributed by atoms with E-state index in [4.69, 9.17) is 4.74 Å². The highest BCUT2D eigenvalue weighted by atomic mass is 32.2. The zero-order valence-corrected chi connectivity index (χ0v) is 14.6. The predicted octanol–water partition coefficient (Wildman–Crippen LogP) is 3.89. The maximum absolute atomic E-state index is 12.5. The van der Waals surface area contributed by atoms with Crippen molar-refractivity contribution < 1.29 is 9.53 Å². The van der Waals surface area contributed by atoms with E-state index in [2.05, 4.69) is 17.1 Å². The Bertz CT molecular complexity index is 682. The largest absolute Gasteiger partial charge is 0.378 e. The number of ether oxygens (including phenoxy) is 1. The van der Waals surface area contributed by atoms with Gasteiger partial charge in [0.25, 0.3) is 5.91 Å². The molecule has 0 radical (unpaired) electrons. The number of hydrogen-bond acceptors (Lipinski definition) is 4. The molecule has 3 rings (SSSR count). The van der Waals surface area contributed by atoms with Crippen molar-refractivity contribution in [3.8, 4) is 0 Å². The van der Waals surface area contributed by atoms with Crippen LogP contribution in [-0.2, 0) is 4.74 Å². The molecule has 0 saturated carbocycles. The third kappa shape index (κ3) is 4.10. The Morgan fingerprint density at radius 3 is 2.54 bits per heavy atom. The molecular weight excluding hydrogens is 320 g/mol. The van der Waals surface area contributed by atoms with Gasteiger partial charge in [-0.1, -0.05) is 19.1 Å². The fraction of sp³-hybridized carbons (Fsp3) is 0.316. The van der Waals surface area contributed by atoms with Gasteiger partial charge in [0.05, 0.1) is 18.9 Å². The standard InChI is InChI=1S/C19H22N2O2S/c1-2-24-18-6-4-3-5-17(18)20-19(22)15-7-9-16(10-8-15)21-11-13-23-14-12-21/h3-10H,2,11-14H2,1H3,(H,20,22). The number of hydrogen-bond donors (Lipinski definition) is 1. The van der Waals surface area contributed by atoms with E-state index in [0.29, 0.717) is 5.56 Å². The number of nitrogens with zero attached hydrogens (tertiary/aromatic N) is 1. The third-order valence-electron chi connectivity index (χ3n) is 3.94. The number of morpholine rings is 1. The molecule has 1 fully saturated rings. The van der Waals surface area contributed by atoms with Crippen LogP contribution in [0, 0.1) is 0 Å². The zero-order chi connectivity index (χ0) is 16.8. The van der Waals surface area contributed by atoms with Crippen molar-refractivity contribution in [1.82, 2.24) is 0 Å². The minimum absolute atomic E-state index is 0.0762. The number of amides is 1. The van der Waals surface area contributed by atoms with E-state index in [9.17, 15) is 4.79 Å². The molecule has 1 N–H and O–H groups in total. The predicted molar refractivity (Wildman–Crippen MR) is 100 cm³/mol. The Morgan fingerprint density at radius 2 is 1.83 bits per heavy atom. The van der Waals surface area contributed by atoms with Crippen LogP contribution in [0.15, 0.2) is 53.4 Å². The van der Waals surface area contributed by atoms with Gasteiger partial charge in [0, 0.05) is 29.2 Å². The van der Waals surface area contributed by atoms with Crippen molar-refractivity contribution >= 4 is 29.0 Å². The van der Waals surface area contributed by atoms with Crippen molar-refractivity contribution in [3.63, 3.8) is 0 Å². The van der Waals surface area contributed by atoms with Gasteiger partial charge < -0.3 is 15.0 Å². The second-order valence-corrected chi connectivity index (χ2v) is 6.84. The normalized spacial score (nSPS) is 14.5. The lowest BCUT2D eigenvalue weighted by Crippen LogP contribution is -2.36. The summed E-state index contributed by atoms with van der Waals surface area (Å²) in [4.78, 5) is 15.9. The van der Waals surface area contributed by atoms with Gasteiger partial charge in [0.2, 0.25) is 0 Å². The summed E-state index contributed by atoms with van der Waals surface area (Å²) in [6.45, 7) is 5.41. The molecule has 0 atom stereocenters. The Balaban J connectivity index is 1.69. The molecule has 1 aliphatic rings. The first kappa shape index (κ1) is 16.9. The molecule has 0 aliphatic carbocycles. The van der Waals surface area contributed by atoms with E-state index in [-0.39, 0.29) is 5.91 Å². The molecule has 0 unspecified atom stereocenters. The van der Waals surface area contributed by atoms with E-state index in [1.807, 2.05) is 48.5 Å². The number of rotatable bonds is 5. The number of nitrogens with one attached hydrogen (secondary N) is 1. The van der Waals surface area contributed by atoms with Crippen LogP contribution in [0.2, 0.25) is 0 Å². The number of anilines is 2. The number of carbonyl (C=O) groups excluding carboxylic acids is 1. The SMILES string of the molecule is CCSc1ccccc1NC(=O)c1ccc(N2CCOCC2)cc1. The summed E-state index contributed by atoms with van der Waals surface area (Å²) < 4.78 is 5.37. The quantitative estimate of drug-likeness (QED) is 0.837. The molecule has 5 heteroatoms. The van der Waals surface area contributed by atoms with E-state index >= 15 is 0 Å².